The molecule has 0 aromatic rings. The van der Waals surface area contributed by atoms with Crippen LogP contribution in [0.1, 0.15) is 33.6 Å². The molecule has 1 N–H and O–H groups in total. The third-order valence-electron chi connectivity index (χ3n) is 3.71. The molecule has 0 aromatic heterocycles. The van der Waals surface area contributed by atoms with Crippen LogP contribution in [0, 0.1) is 11.3 Å². The Morgan fingerprint density at radius 2 is 2.23 bits per heavy atom. The van der Waals surface area contributed by atoms with Gasteiger partial charge in [0.15, 0.2) is 0 Å². The Morgan fingerprint density at radius 3 is 2.92 bits per heavy atom. The molecule has 76 valence electrons. The molecule has 1 saturated carbocycles. The Hall–Kier alpha value is -0.0800. The van der Waals surface area contributed by atoms with Crippen LogP contribution in [0.5, 0.6) is 0 Å². The van der Waals surface area contributed by atoms with Crippen LogP contribution in [-0.2, 0) is 4.74 Å². The molecule has 2 nitrogen and oxygen atoms in total. The molecule has 0 radical (unpaired) electrons. The molecule has 1 saturated heterocycles. The lowest BCUT2D eigenvalue weighted by Gasteiger charge is -2.55. The van der Waals surface area contributed by atoms with Crippen LogP contribution in [0.2, 0.25) is 0 Å². The van der Waals surface area contributed by atoms with Gasteiger partial charge in [0.25, 0.3) is 0 Å². The van der Waals surface area contributed by atoms with Crippen LogP contribution in [0.25, 0.3) is 0 Å². The van der Waals surface area contributed by atoms with Crippen molar-refractivity contribution < 1.29 is 4.74 Å². The third kappa shape index (κ3) is 1.31. The van der Waals surface area contributed by atoms with Crippen LogP contribution >= 0.6 is 0 Å². The van der Waals surface area contributed by atoms with Gasteiger partial charge in [-0.2, -0.15) is 0 Å². The van der Waals surface area contributed by atoms with Gasteiger partial charge in [-0.05, 0) is 19.4 Å². The number of hydrogen-bond acceptors (Lipinski definition) is 2. The van der Waals surface area contributed by atoms with E-state index in [-0.39, 0.29) is 0 Å². The Labute approximate surface area is 81.0 Å². The van der Waals surface area contributed by atoms with E-state index in [1.54, 1.807) is 0 Å². The molecule has 0 unspecified atom stereocenters. The fourth-order valence-electron chi connectivity index (χ4n) is 3.04. The largest absolute Gasteiger partial charge is 0.377 e. The summed E-state index contributed by atoms with van der Waals surface area (Å²) < 4.78 is 5.74. The zero-order chi connectivity index (χ0) is 9.47. The molecule has 0 bridgehead atoms. The smallest absolute Gasteiger partial charge is 0.0685 e. The molecule has 2 rings (SSSR count). The van der Waals surface area contributed by atoms with Gasteiger partial charge in [0, 0.05) is 24.0 Å². The van der Waals surface area contributed by atoms with Crippen molar-refractivity contribution in [1.82, 2.24) is 5.32 Å². The summed E-state index contributed by atoms with van der Waals surface area (Å²) >= 11 is 0. The quantitative estimate of drug-likeness (QED) is 0.720. The van der Waals surface area contributed by atoms with Crippen LogP contribution < -0.4 is 5.32 Å². The molecule has 2 aliphatic rings. The minimum absolute atomic E-state index is 0.357. The van der Waals surface area contributed by atoms with Crippen molar-refractivity contribution in [3.05, 3.63) is 0 Å². The highest BCUT2D eigenvalue weighted by Gasteiger charge is 2.58. The Balaban J connectivity index is 1.95. The number of nitrogens with one attached hydrogen (secondary N) is 1. The van der Waals surface area contributed by atoms with Gasteiger partial charge >= 0.3 is 0 Å². The predicted octanol–water partition coefficient (Wildman–Crippen LogP) is 1.80. The maximum Gasteiger partial charge on any atom is 0.0685 e. The highest BCUT2D eigenvalue weighted by atomic mass is 16.5. The van der Waals surface area contributed by atoms with E-state index in [2.05, 4.69) is 26.1 Å². The van der Waals surface area contributed by atoms with Crippen molar-refractivity contribution in [3.8, 4) is 0 Å². The Morgan fingerprint density at radius 1 is 1.46 bits per heavy atom. The van der Waals surface area contributed by atoms with Gasteiger partial charge in [0.2, 0.25) is 0 Å². The first-order chi connectivity index (χ1) is 6.18. The zero-order valence-corrected chi connectivity index (χ0v) is 8.97. The summed E-state index contributed by atoms with van der Waals surface area (Å²) in [6.45, 7) is 9.00. The normalized spacial score (nSPS) is 41.3. The highest BCUT2D eigenvalue weighted by Crippen LogP contribution is 2.51. The van der Waals surface area contributed by atoms with Crippen LogP contribution in [-0.4, -0.2) is 25.3 Å². The van der Waals surface area contributed by atoms with Crippen molar-refractivity contribution in [1.29, 1.82) is 0 Å². The summed E-state index contributed by atoms with van der Waals surface area (Å²) in [5.41, 5.74) is 0.357. The van der Waals surface area contributed by atoms with E-state index >= 15 is 0 Å². The molecule has 1 heterocycles. The topological polar surface area (TPSA) is 21.3 Å². The van der Waals surface area contributed by atoms with Gasteiger partial charge in [-0.15, -0.1) is 0 Å². The van der Waals surface area contributed by atoms with Crippen LogP contribution in [0.15, 0.2) is 0 Å². The second kappa shape index (κ2) is 3.25. The van der Waals surface area contributed by atoms with E-state index in [0.717, 1.165) is 19.1 Å². The Bertz CT molecular complexity index is 191. The monoisotopic (exact) mass is 183 g/mol. The van der Waals surface area contributed by atoms with Crippen LogP contribution in [0.4, 0.5) is 0 Å². The van der Waals surface area contributed by atoms with Crippen molar-refractivity contribution in [3.63, 3.8) is 0 Å². The van der Waals surface area contributed by atoms with E-state index in [1.807, 2.05) is 0 Å². The fraction of sp³-hybridized carbons (Fsp3) is 1.00. The molecule has 0 aromatic carbocycles. The first-order valence-electron chi connectivity index (χ1n) is 5.53. The molecule has 1 aliphatic carbocycles. The van der Waals surface area contributed by atoms with Crippen molar-refractivity contribution in [2.45, 2.75) is 45.8 Å². The standard InChI is InChI=1S/C11H21NO/c1-4-6-12-9-8-5-7-13-10(8)11(9,2)3/h8-10,12H,4-7H2,1-3H3/t8-,9-,10+/m1/s1. The number of fused-ring (bicyclic) bond motifs is 1. The summed E-state index contributed by atoms with van der Waals surface area (Å²) in [7, 11) is 0. The molecule has 1 aliphatic heterocycles. The maximum atomic E-state index is 5.74. The maximum absolute atomic E-state index is 5.74. The van der Waals surface area contributed by atoms with Gasteiger partial charge in [0.05, 0.1) is 6.10 Å². The third-order valence-corrected chi connectivity index (χ3v) is 3.71. The van der Waals surface area contributed by atoms with E-state index in [1.165, 1.54) is 12.8 Å². The fourth-order valence-corrected chi connectivity index (χ4v) is 3.04. The van der Waals surface area contributed by atoms with Crippen molar-refractivity contribution in [2.24, 2.45) is 11.3 Å². The number of hydrogen-bond donors (Lipinski definition) is 1. The van der Waals surface area contributed by atoms with E-state index < -0.39 is 0 Å². The zero-order valence-electron chi connectivity index (χ0n) is 8.97. The molecule has 0 spiro atoms. The lowest BCUT2D eigenvalue weighted by Crippen LogP contribution is -2.65. The molecule has 2 heteroatoms. The van der Waals surface area contributed by atoms with Gasteiger partial charge in [-0.25, -0.2) is 0 Å². The second-order valence-electron chi connectivity index (χ2n) is 5.00. The van der Waals surface area contributed by atoms with E-state index in [0.29, 0.717) is 17.6 Å². The number of ether oxygens (including phenoxy) is 1. The summed E-state index contributed by atoms with van der Waals surface area (Å²) in [6, 6.07) is 0.694. The predicted molar refractivity (Wildman–Crippen MR) is 53.7 cm³/mol. The molecule has 0 amide bonds. The minimum Gasteiger partial charge on any atom is -0.377 e. The number of rotatable bonds is 3. The van der Waals surface area contributed by atoms with Crippen molar-refractivity contribution >= 4 is 0 Å². The Kier molecular flexibility index (Phi) is 2.37. The second-order valence-corrected chi connectivity index (χ2v) is 5.00. The molecule has 2 fully saturated rings. The highest BCUT2D eigenvalue weighted by molar-refractivity contribution is 5.11. The summed E-state index contributed by atoms with van der Waals surface area (Å²) in [5, 5.41) is 3.65. The van der Waals surface area contributed by atoms with E-state index in [9.17, 15) is 0 Å². The van der Waals surface area contributed by atoms with Gasteiger partial charge in [0.1, 0.15) is 0 Å². The lowest BCUT2D eigenvalue weighted by molar-refractivity contribution is -0.112. The summed E-state index contributed by atoms with van der Waals surface area (Å²) in [4.78, 5) is 0. The minimum atomic E-state index is 0.357. The molecule has 3 atom stereocenters. The van der Waals surface area contributed by atoms with Gasteiger partial charge in [-0.1, -0.05) is 20.8 Å². The van der Waals surface area contributed by atoms with E-state index in [4.69, 9.17) is 4.74 Å². The van der Waals surface area contributed by atoms with Crippen molar-refractivity contribution in [2.75, 3.05) is 13.2 Å². The molecule has 13 heavy (non-hydrogen) atoms. The lowest BCUT2D eigenvalue weighted by atomic mass is 9.57. The summed E-state index contributed by atoms with van der Waals surface area (Å²) in [5.74, 6) is 0.793. The SMILES string of the molecule is CCCN[C@@H]1[C@H]2CCO[C@@H]2C1(C)C. The van der Waals surface area contributed by atoms with Gasteiger partial charge < -0.3 is 10.1 Å². The molecular formula is C11H21NO. The molecular weight excluding hydrogens is 162 g/mol. The first-order valence-corrected chi connectivity index (χ1v) is 5.53. The first kappa shape index (κ1) is 9.47. The average molecular weight is 183 g/mol. The van der Waals surface area contributed by atoms with Gasteiger partial charge in [-0.3, -0.25) is 0 Å². The summed E-state index contributed by atoms with van der Waals surface area (Å²) in [6.07, 6.45) is 3.02. The van der Waals surface area contributed by atoms with Crippen LogP contribution in [0.3, 0.4) is 0 Å². The average Bonchev–Trinajstić information content (AvgIpc) is 2.51.